The molecule has 27 heavy (non-hydrogen) atoms. The number of aryl methyl sites for hydroxylation is 2. The molecule has 5 rings (SSSR count). The zero-order chi connectivity index (χ0) is 18.4. The molecule has 3 heterocycles. The van der Waals surface area contributed by atoms with Crippen LogP contribution in [0.1, 0.15) is 29.9 Å². The summed E-state index contributed by atoms with van der Waals surface area (Å²) in [5.41, 5.74) is 7.15. The molecule has 4 heteroatoms. The summed E-state index contributed by atoms with van der Waals surface area (Å²) >= 11 is 0. The van der Waals surface area contributed by atoms with Crippen LogP contribution >= 0.6 is 0 Å². The molecule has 1 aliphatic rings. The van der Waals surface area contributed by atoms with Crippen LogP contribution in [0.5, 0.6) is 0 Å². The van der Waals surface area contributed by atoms with Gasteiger partial charge in [-0.3, -0.25) is 9.67 Å². The van der Waals surface area contributed by atoms with Crippen LogP contribution < -0.4 is 5.32 Å². The Balaban J connectivity index is 1.54. The fraction of sp³-hybridized carbons (Fsp3) is 0.304. The highest BCUT2D eigenvalue weighted by molar-refractivity contribution is 5.89. The first-order chi connectivity index (χ1) is 13.2. The number of pyridine rings is 1. The average molecular weight is 356 g/mol. The van der Waals surface area contributed by atoms with Gasteiger partial charge in [0.15, 0.2) is 0 Å². The monoisotopic (exact) mass is 356 g/mol. The molecule has 0 radical (unpaired) electrons. The first kappa shape index (κ1) is 16.5. The summed E-state index contributed by atoms with van der Waals surface area (Å²) in [6.07, 6.45) is 6.51. The van der Waals surface area contributed by atoms with E-state index in [0.717, 1.165) is 29.7 Å². The molecule has 0 unspecified atom stereocenters. The average Bonchev–Trinajstić information content (AvgIpc) is 3.09. The number of hydrogen-bond acceptors (Lipinski definition) is 3. The van der Waals surface area contributed by atoms with Gasteiger partial charge in [-0.1, -0.05) is 12.1 Å². The van der Waals surface area contributed by atoms with Crippen LogP contribution in [0.3, 0.4) is 0 Å². The van der Waals surface area contributed by atoms with Crippen molar-refractivity contribution in [3.05, 3.63) is 59.9 Å². The predicted octanol–water partition coefficient (Wildman–Crippen LogP) is 4.56. The molecule has 0 bridgehead atoms. The van der Waals surface area contributed by atoms with Gasteiger partial charge in [-0.25, -0.2) is 0 Å². The number of benzene rings is 2. The van der Waals surface area contributed by atoms with E-state index in [1.165, 1.54) is 40.3 Å². The van der Waals surface area contributed by atoms with Crippen LogP contribution in [-0.4, -0.2) is 27.9 Å². The Morgan fingerprint density at radius 2 is 1.81 bits per heavy atom. The molecule has 2 aromatic carbocycles. The van der Waals surface area contributed by atoms with Gasteiger partial charge in [0.2, 0.25) is 0 Å². The molecule has 4 aromatic rings. The van der Waals surface area contributed by atoms with E-state index < -0.39 is 0 Å². The van der Waals surface area contributed by atoms with Crippen molar-refractivity contribution >= 4 is 21.8 Å². The van der Waals surface area contributed by atoms with E-state index in [1.807, 2.05) is 17.9 Å². The van der Waals surface area contributed by atoms with Gasteiger partial charge in [-0.05, 0) is 79.7 Å². The molecular weight excluding hydrogens is 332 g/mol. The van der Waals surface area contributed by atoms with Gasteiger partial charge in [-0.15, -0.1) is 0 Å². The van der Waals surface area contributed by atoms with Gasteiger partial charge in [0.05, 0.1) is 11.0 Å². The zero-order valence-corrected chi connectivity index (χ0v) is 15.9. The van der Waals surface area contributed by atoms with Crippen LogP contribution in [-0.2, 0) is 7.05 Å². The van der Waals surface area contributed by atoms with Gasteiger partial charge in [-0.2, -0.15) is 5.10 Å². The fourth-order valence-corrected chi connectivity index (χ4v) is 4.30. The minimum Gasteiger partial charge on any atom is -0.317 e. The van der Waals surface area contributed by atoms with E-state index in [4.69, 9.17) is 4.98 Å². The summed E-state index contributed by atoms with van der Waals surface area (Å²) in [5, 5.41) is 10.4. The zero-order valence-electron chi connectivity index (χ0n) is 15.9. The van der Waals surface area contributed by atoms with Crippen molar-refractivity contribution in [2.75, 3.05) is 13.1 Å². The maximum absolute atomic E-state index is 4.79. The third-order valence-corrected chi connectivity index (χ3v) is 5.77. The second-order valence-electron chi connectivity index (χ2n) is 7.73. The molecular formula is C23H24N4. The second kappa shape index (κ2) is 6.46. The van der Waals surface area contributed by atoms with Crippen LogP contribution in [0.15, 0.2) is 48.8 Å². The first-order valence-electron chi connectivity index (χ1n) is 9.72. The predicted molar refractivity (Wildman–Crippen MR) is 111 cm³/mol. The van der Waals surface area contributed by atoms with Gasteiger partial charge in [0.1, 0.15) is 0 Å². The summed E-state index contributed by atoms with van der Waals surface area (Å²) in [4.78, 5) is 4.79. The van der Waals surface area contributed by atoms with Crippen molar-refractivity contribution in [1.82, 2.24) is 20.1 Å². The number of nitrogens with zero attached hydrogens (tertiary/aromatic N) is 3. The lowest BCUT2D eigenvalue weighted by atomic mass is 9.89. The van der Waals surface area contributed by atoms with Gasteiger partial charge < -0.3 is 5.32 Å². The molecule has 136 valence electrons. The van der Waals surface area contributed by atoms with E-state index in [1.54, 1.807) is 0 Å². The Labute approximate surface area is 159 Å². The number of hydrogen-bond donors (Lipinski definition) is 1. The largest absolute Gasteiger partial charge is 0.317 e. The highest BCUT2D eigenvalue weighted by Gasteiger charge is 2.15. The van der Waals surface area contributed by atoms with Crippen LogP contribution in [0, 0.1) is 6.92 Å². The highest BCUT2D eigenvalue weighted by Crippen LogP contribution is 2.31. The third kappa shape index (κ3) is 3.00. The van der Waals surface area contributed by atoms with Crippen LogP contribution in [0.2, 0.25) is 0 Å². The standard InChI is InChI=1S/C23H24N4/c1-15-9-19(11-21-14-27(2)26-23(15)21)20-10-18-4-3-17(12-22(18)25-13-20)16-5-7-24-8-6-16/h3-4,9-14,16,24H,5-8H2,1-2H3. The topological polar surface area (TPSA) is 42.7 Å². The Morgan fingerprint density at radius 3 is 2.67 bits per heavy atom. The number of aromatic nitrogens is 3. The van der Waals surface area contributed by atoms with E-state index in [2.05, 4.69) is 59.9 Å². The van der Waals surface area contributed by atoms with Gasteiger partial charge >= 0.3 is 0 Å². The lowest BCUT2D eigenvalue weighted by Gasteiger charge is -2.23. The van der Waals surface area contributed by atoms with Gasteiger partial charge in [0.25, 0.3) is 0 Å². The van der Waals surface area contributed by atoms with Crippen LogP contribution in [0.4, 0.5) is 0 Å². The first-order valence-corrected chi connectivity index (χ1v) is 9.72. The Kier molecular flexibility index (Phi) is 3.94. The van der Waals surface area contributed by atoms with Crippen molar-refractivity contribution in [3.63, 3.8) is 0 Å². The molecule has 0 spiro atoms. The van der Waals surface area contributed by atoms with E-state index in [9.17, 15) is 0 Å². The minimum atomic E-state index is 0.660. The van der Waals surface area contributed by atoms with Crippen LogP contribution in [0.25, 0.3) is 32.9 Å². The third-order valence-electron chi connectivity index (χ3n) is 5.77. The van der Waals surface area contributed by atoms with E-state index in [0.29, 0.717) is 5.92 Å². The summed E-state index contributed by atoms with van der Waals surface area (Å²) in [6, 6.07) is 13.5. The summed E-state index contributed by atoms with van der Waals surface area (Å²) < 4.78 is 1.88. The SMILES string of the molecule is Cc1cc(-c2cnc3cc(C4CCNCC4)ccc3c2)cc2cn(C)nc12. The Bertz CT molecular complexity index is 1140. The molecule has 1 N–H and O–H groups in total. The molecule has 1 aliphatic heterocycles. The molecule has 0 aliphatic carbocycles. The van der Waals surface area contributed by atoms with E-state index >= 15 is 0 Å². The van der Waals surface area contributed by atoms with Crippen molar-refractivity contribution in [3.8, 4) is 11.1 Å². The maximum Gasteiger partial charge on any atom is 0.0952 e. The quantitative estimate of drug-likeness (QED) is 0.572. The molecule has 1 saturated heterocycles. The minimum absolute atomic E-state index is 0.660. The summed E-state index contributed by atoms with van der Waals surface area (Å²) in [6.45, 7) is 4.36. The summed E-state index contributed by atoms with van der Waals surface area (Å²) in [7, 11) is 1.97. The molecule has 1 fully saturated rings. The molecule has 0 saturated carbocycles. The normalized spacial score (nSPS) is 15.6. The molecule has 0 atom stereocenters. The lowest BCUT2D eigenvalue weighted by Crippen LogP contribution is -2.26. The number of nitrogens with one attached hydrogen (secondary N) is 1. The number of rotatable bonds is 2. The van der Waals surface area contributed by atoms with Crippen molar-refractivity contribution < 1.29 is 0 Å². The Hall–Kier alpha value is -2.72. The highest BCUT2D eigenvalue weighted by atomic mass is 15.2. The van der Waals surface area contributed by atoms with Crippen molar-refractivity contribution in [2.45, 2.75) is 25.7 Å². The second-order valence-corrected chi connectivity index (χ2v) is 7.73. The maximum atomic E-state index is 4.79. The van der Waals surface area contributed by atoms with Crippen molar-refractivity contribution in [2.24, 2.45) is 7.05 Å². The smallest absolute Gasteiger partial charge is 0.0952 e. The van der Waals surface area contributed by atoms with Gasteiger partial charge in [0, 0.05) is 35.8 Å². The van der Waals surface area contributed by atoms with Crippen molar-refractivity contribution in [1.29, 1.82) is 0 Å². The lowest BCUT2D eigenvalue weighted by molar-refractivity contribution is 0.460. The molecule has 0 amide bonds. The number of fused-ring (bicyclic) bond motifs is 2. The fourth-order valence-electron chi connectivity index (χ4n) is 4.30. The van der Waals surface area contributed by atoms with E-state index in [-0.39, 0.29) is 0 Å². The molecule has 4 nitrogen and oxygen atoms in total. The summed E-state index contributed by atoms with van der Waals surface area (Å²) in [5.74, 6) is 0.660. The molecule has 2 aromatic heterocycles. The Morgan fingerprint density at radius 1 is 1.00 bits per heavy atom. The number of piperidine rings is 1.